The molecule has 0 heterocycles. The van der Waals surface area contributed by atoms with Crippen molar-refractivity contribution in [3.05, 3.63) is 63.6 Å². The van der Waals surface area contributed by atoms with Crippen molar-refractivity contribution >= 4 is 35.0 Å². The molecule has 1 aliphatic rings. The number of methoxy groups -OCH3 is 1. The molecular weight excluding hydrogens is 447 g/mol. The highest BCUT2D eigenvalue weighted by molar-refractivity contribution is 6.36. The number of benzene rings is 2. The number of nitrogens with one attached hydrogen (secondary N) is 1. The van der Waals surface area contributed by atoms with Crippen molar-refractivity contribution in [2.45, 2.75) is 64.1 Å². The fourth-order valence-electron chi connectivity index (χ4n) is 4.21. The average Bonchev–Trinajstić information content (AvgIpc) is 3.29. The Hall–Kier alpha value is -2.24. The van der Waals surface area contributed by atoms with Gasteiger partial charge in [0.05, 0.1) is 13.5 Å². The van der Waals surface area contributed by atoms with Crippen molar-refractivity contribution in [1.82, 2.24) is 10.2 Å². The molecule has 1 saturated carbocycles. The molecule has 5 nitrogen and oxygen atoms in total. The first kappa shape index (κ1) is 24.4. The largest absolute Gasteiger partial charge is 0.497 e. The molecule has 2 aromatic rings. The SMILES string of the molecule is CCC(C(=O)NC1CCCC1)N(Cc1cccc(OC)c1)C(=O)Cc1c(Cl)cccc1Cl. The summed E-state index contributed by atoms with van der Waals surface area (Å²) in [5, 5.41) is 4.03. The van der Waals surface area contributed by atoms with Crippen LogP contribution in [0.25, 0.3) is 0 Å². The zero-order chi connectivity index (χ0) is 23.1. The van der Waals surface area contributed by atoms with E-state index in [0.717, 1.165) is 31.2 Å². The van der Waals surface area contributed by atoms with E-state index in [1.165, 1.54) is 0 Å². The summed E-state index contributed by atoms with van der Waals surface area (Å²) in [5.74, 6) is 0.393. The van der Waals surface area contributed by atoms with E-state index in [0.29, 0.717) is 27.8 Å². The molecule has 1 N–H and O–H groups in total. The van der Waals surface area contributed by atoms with Gasteiger partial charge in [0.25, 0.3) is 0 Å². The van der Waals surface area contributed by atoms with Crippen molar-refractivity contribution in [2.75, 3.05) is 7.11 Å². The third kappa shape index (κ3) is 6.17. The van der Waals surface area contributed by atoms with Gasteiger partial charge in [-0.3, -0.25) is 9.59 Å². The molecule has 1 atom stereocenters. The van der Waals surface area contributed by atoms with Gasteiger partial charge < -0.3 is 15.0 Å². The van der Waals surface area contributed by atoms with Crippen LogP contribution in [-0.4, -0.2) is 35.9 Å². The fraction of sp³-hybridized carbons (Fsp3) is 0.440. The molecule has 2 amide bonds. The summed E-state index contributed by atoms with van der Waals surface area (Å²) in [7, 11) is 1.60. The van der Waals surface area contributed by atoms with Gasteiger partial charge in [-0.2, -0.15) is 0 Å². The molecule has 0 aliphatic heterocycles. The monoisotopic (exact) mass is 476 g/mol. The van der Waals surface area contributed by atoms with Gasteiger partial charge in [0, 0.05) is 22.6 Å². The Morgan fingerprint density at radius 3 is 2.41 bits per heavy atom. The number of nitrogens with zero attached hydrogens (tertiary/aromatic N) is 1. The summed E-state index contributed by atoms with van der Waals surface area (Å²) >= 11 is 12.6. The quantitative estimate of drug-likeness (QED) is 0.526. The maximum atomic E-state index is 13.5. The second-order valence-corrected chi connectivity index (χ2v) is 8.98. The highest BCUT2D eigenvalue weighted by Crippen LogP contribution is 2.27. The Kier molecular flexibility index (Phi) is 8.83. The topological polar surface area (TPSA) is 58.6 Å². The predicted molar refractivity (Wildman–Crippen MR) is 128 cm³/mol. The molecule has 1 fully saturated rings. The van der Waals surface area contributed by atoms with E-state index in [1.54, 1.807) is 30.2 Å². The molecule has 1 aliphatic carbocycles. The Morgan fingerprint density at radius 2 is 1.78 bits per heavy atom. The van der Waals surface area contributed by atoms with Gasteiger partial charge in [-0.25, -0.2) is 0 Å². The number of carbonyl (C=O) groups excluding carboxylic acids is 2. The Balaban J connectivity index is 1.87. The molecule has 172 valence electrons. The Labute approximate surface area is 200 Å². The van der Waals surface area contributed by atoms with E-state index in [-0.39, 0.29) is 30.8 Å². The summed E-state index contributed by atoms with van der Waals surface area (Å²) in [6.07, 6.45) is 4.75. The molecular formula is C25H30Cl2N2O3. The predicted octanol–water partition coefficient (Wildman–Crippen LogP) is 5.41. The molecule has 0 radical (unpaired) electrons. The van der Waals surface area contributed by atoms with Crippen molar-refractivity contribution in [3.8, 4) is 5.75 Å². The van der Waals surface area contributed by atoms with Gasteiger partial charge in [0.2, 0.25) is 11.8 Å². The second-order valence-electron chi connectivity index (χ2n) is 8.16. The van der Waals surface area contributed by atoms with E-state index in [4.69, 9.17) is 27.9 Å². The first-order valence-electron chi connectivity index (χ1n) is 11.1. The van der Waals surface area contributed by atoms with Crippen LogP contribution in [0.5, 0.6) is 5.75 Å². The maximum absolute atomic E-state index is 13.5. The summed E-state index contributed by atoms with van der Waals surface area (Å²) in [6.45, 7) is 2.21. The van der Waals surface area contributed by atoms with Gasteiger partial charge >= 0.3 is 0 Å². The fourth-order valence-corrected chi connectivity index (χ4v) is 4.74. The molecule has 1 unspecified atom stereocenters. The Morgan fingerprint density at radius 1 is 1.12 bits per heavy atom. The van der Waals surface area contributed by atoms with E-state index in [9.17, 15) is 9.59 Å². The number of carbonyl (C=O) groups is 2. The zero-order valence-electron chi connectivity index (χ0n) is 18.6. The molecule has 0 bridgehead atoms. The van der Waals surface area contributed by atoms with Gasteiger partial charge in [-0.1, -0.05) is 61.2 Å². The van der Waals surface area contributed by atoms with Crippen molar-refractivity contribution in [1.29, 1.82) is 0 Å². The van der Waals surface area contributed by atoms with E-state index >= 15 is 0 Å². The standard InChI is InChI=1S/C25H30Cl2N2O3/c1-3-23(25(31)28-18-9-4-5-10-18)29(16-17-8-6-11-19(14-17)32-2)24(30)15-20-21(26)12-7-13-22(20)27/h6-8,11-14,18,23H,3-5,9-10,15-16H2,1-2H3,(H,28,31). The lowest BCUT2D eigenvalue weighted by atomic mass is 10.1. The van der Waals surface area contributed by atoms with Crippen LogP contribution < -0.4 is 10.1 Å². The van der Waals surface area contributed by atoms with Gasteiger partial charge in [0.15, 0.2) is 0 Å². The molecule has 0 aromatic heterocycles. The van der Waals surface area contributed by atoms with Gasteiger partial charge in [-0.15, -0.1) is 0 Å². The van der Waals surface area contributed by atoms with Crippen LogP contribution in [-0.2, 0) is 22.6 Å². The van der Waals surface area contributed by atoms with Gasteiger partial charge in [0.1, 0.15) is 11.8 Å². The molecule has 3 rings (SSSR count). The van der Waals surface area contributed by atoms with Crippen LogP contribution in [0.1, 0.15) is 50.2 Å². The molecule has 32 heavy (non-hydrogen) atoms. The number of rotatable bonds is 9. The molecule has 0 saturated heterocycles. The highest BCUT2D eigenvalue weighted by atomic mass is 35.5. The number of halogens is 2. The van der Waals surface area contributed by atoms with Crippen LogP contribution in [0, 0.1) is 0 Å². The first-order chi connectivity index (χ1) is 15.4. The minimum absolute atomic E-state index is 0.0235. The van der Waals surface area contributed by atoms with Crippen LogP contribution >= 0.6 is 23.2 Å². The summed E-state index contributed by atoms with van der Waals surface area (Å²) in [6, 6.07) is 12.3. The van der Waals surface area contributed by atoms with E-state index in [2.05, 4.69) is 5.32 Å². The maximum Gasteiger partial charge on any atom is 0.243 e. The molecule has 2 aromatic carbocycles. The van der Waals surface area contributed by atoms with E-state index in [1.807, 2.05) is 31.2 Å². The number of hydrogen-bond donors (Lipinski definition) is 1. The minimum atomic E-state index is -0.587. The summed E-state index contributed by atoms with van der Waals surface area (Å²) < 4.78 is 5.33. The normalized spacial score (nSPS) is 14.8. The summed E-state index contributed by atoms with van der Waals surface area (Å²) in [4.78, 5) is 28.3. The van der Waals surface area contributed by atoms with E-state index < -0.39 is 6.04 Å². The van der Waals surface area contributed by atoms with Crippen molar-refractivity contribution in [3.63, 3.8) is 0 Å². The lowest BCUT2D eigenvalue weighted by Gasteiger charge is -2.32. The lowest BCUT2D eigenvalue weighted by molar-refractivity contribution is -0.141. The molecule has 7 heteroatoms. The average molecular weight is 477 g/mol. The number of ether oxygens (including phenoxy) is 1. The lowest BCUT2D eigenvalue weighted by Crippen LogP contribution is -2.51. The summed E-state index contributed by atoms with van der Waals surface area (Å²) in [5.41, 5.74) is 1.46. The second kappa shape index (κ2) is 11.6. The van der Waals surface area contributed by atoms with Gasteiger partial charge in [-0.05, 0) is 54.7 Å². The van der Waals surface area contributed by atoms with Crippen molar-refractivity contribution < 1.29 is 14.3 Å². The minimum Gasteiger partial charge on any atom is -0.497 e. The number of amides is 2. The molecule has 0 spiro atoms. The van der Waals surface area contributed by atoms with Crippen LogP contribution in [0.4, 0.5) is 0 Å². The van der Waals surface area contributed by atoms with Crippen LogP contribution in [0.2, 0.25) is 10.0 Å². The van der Waals surface area contributed by atoms with Crippen LogP contribution in [0.15, 0.2) is 42.5 Å². The highest BCUT2D eigenvalue weighted by Gasteiger charge is 2.31. The van der Waals surface area contributed by atoms with Crippen molar-refractivity contribution in [2.24, 2.45) is 0 Å². The Bertz CT molecular complexity index is 924. The number of hydrogen-bond acceptors (Lipinski definition) is 3. The smallest absolute Gasteiger partial charge is 0.243 e. The zero-order valence-corrected chi connectivity index (χ0v) is 20.1. The third-order valence-corrected chi connectivity index (χ3v) is 6.67. The van der Waals surface area contributed by atoms with Crippen LogP contribution in [0.3, 0.4) is 0 Å². The third-order valence-electron chi connectivity index (χ3n) is 5.96. The first-order valence-corrected chi connectivity index (χ1v) is 11.8.